The molecular formula is C21H20N2O4S. The molecule has 0 spiro atoms. The summed E-state index contributed by atoms with van der Waals surface area (Å²) in [7, 11) is -3.61. The molecule has 3 aromatic carbocycles. The fourth-order valence-corrected chi connectivity index (χ4v) is 3.90. The average Bonchev–Trinajstić information content (AvgIpc) is 2.69. The van der Waals surface area contributed by atoms with Crippen molar-refractivity contribution in [2.24, 2.45) is 0 Å². The van der Waals surface area contributed by atoms with Gasteiger partial charge in [-0.1, -0.05) is 17.7 Å². The quantitative estimate of drug-likeness (QED) is 0.672. The van der Waals surface area contributed by atoms with Gasteiger partial charge < -0.3 is 14.8 Å². The monoisotopic (exact) mass is 396 g/mol. The van der Waals surface area contributed by atoms with Gasteiger partial charge in [-0.2, -0.15) is 0 Å². The zero-order valence-electron chi connectivity index (χ0n) is 15.3. The van der Waals surface area contributed by atoms with Crippen LogP contribution in [0.25, 0.3) is 0 Å². The third kappa shape index (κ3) is 4.04. The van der Waals surface area contributed by atoms with Crippen molar-refractivity contribution in [1.29, 1.82) is 0 Å². The number of rotatable bonds is 5. The third-order valence-electron chi connectivity index (χ3n) is 4.30. The molecule has 0 fully saturated rings. The van der Waals surface area contributed by atoms with Crippen LogP contribution in [0.2, 0.25) is 0 Å². The molecule has 2 N–H and O–H groups in total. The Morgan fingerprint density at radius 1 is 0.750 bits per heavy atom. The maximum Gasteiger partial charge on any atom is 0.261 e. The van der Waals surface area contributed by atoms with E-state index in [2.05, 4.69) is 10.0 Å². The van der Waals surface area contributed by atoms with Crippen molar-refractivity contribution in [2.75, 3.05) is 23.3 Å². The number of benzene rings is 3. The van der Waals surface area contributed by atoms with Crippen LogP contribution in [0.3, 0.4) is 0 Å². The van der Waals surface area contributed by atoms with E-state index in [0.717, 1.165) is 22.7 Å². The van der Waals surface area contributed by atoms with Crippen LogP contribution >= 0.6 is 0 Å². The van der Waals surface area contributed by atoms with Crippen LogP contribution in [0.5, 0.6) is 11.5 Å². The predicted molar refractivity (Wildman–Crippen MR) is 109 cm³/mol. The van der Waals surface area contributed by atoms with E-state index in [0.29, 0.717) is 24.7 Å². The summed E-state index contributed by atoms with van der Waals surface area (Å²) in [4.78, 5) is 0.233. The Bertz CT molecular complexity index is 1080. The first-order valence-corrected chi connectivity index (χ1v) is 10.3. The lowest BCUT2D eigenvalue weighted by Gasteiger charge is -2.19. The first kappa shape index (κ1) is 18.2. The molecule has 7 heteroatoms. The van der Waals surface area contributed by atoms with Crippen molar-refractivity contribution in [2.45, 2.75) is 11.8 Å². The average molecular weight is 396 g/mol. The maximum atomic E-state index is 12.5. The van der Waals surface area contributed by atoms with Gasteiger partial charge in [0.15, 0.2) is 11.5 Å². The predicted octanol–water partition coefficient (Wildman–Crippen LogP) is 4.31. The summed E-state index contributed by atoms with van der Waals surface area (Å²) in [6.45, 7) is 3.00. The Labute approximate surface area is 164 Å². The van der Waals surface area contributed by atoms with Crippen LogP contribution in [0.1, 0.15) is 5.56 Å². The van der Waals surface area contributed by atoms with Gasteiger partial charge in [0.05, 0.1) is 4.90 Å². The van der Waals surface area contributed by atoms with Gasteiger partial charge in [0, 0.05) is 23.1 Å². The van der Waals surface area contributed by atoms with Crippen molar-refractivity contribution in [3.63, 3.8) is 0 Å². The van der Waals surface area contributed by atoms with Crippen molar-refractivity contribution in [3.8, 4) is 11.5 Å². The molecule has 0 unspecified atom stereocenters. The van der Waals surface area contributed by atoms with Crippen molar-refractivity contribution in [1.82, 2.24) is 0 Å². The zero-order valence-corrected chi connectivity index (χ0v) is 16.1. The lowest BCUT2D eigenvalue weighted by molar-refractivity contribution is 0.171. The molecule has 0 aliphatic carbocycles. The Morgan fingerprint density at radius 3 is 2.07 bits per heavy atom. The highest BCUT2D eigenvalue weighted by atomic mass is 32.2. The second-order valence-corrected chi connectivity index (χ2v) is 8.16. The van der Waals surface area contributed by atoms with E-state index in [1.807, 2.05) is 37.3 Å². The van der Waals surface area contributed by atoms with Gasteiger partial charge in [-0.25, -0.2) is 8.42 Å². The molecule has 1 aliphatic heterocycles. The normalized spacial score (nSPS) is 13.0. The Kier molecular flexibility index (Phi) is 4.83. The van der Waals surface area contributed by atoms with Gasteiger partial charge in [-0.05, 0) is 55.5 Å². The van der Waals surface area contributed by atoms with Crippen LogP contribution in [0.4, 0.5) is 17.1 Å². The van der Waals surface area contributed by atoms with E-state index in [1.165, 1.54) is 0 Å². The number of hydrogen-bond donors (Lipinski definition) is 2. The summed E-state index contributed by atoms with van der Waals surface area (Å²) >= 11 is 0. The number of fused-ring (bicyclic) bond motifs is 1. The standard InChI is InChI=1S/C21H20N2O4S/c1-15-2-9-19(10-3-15)28(24,25)23-17-6-4-16(5-7-17)22-18-8-11-20-21(14-18)27-13-12-26-20/h2-11,14,22-23H,12-13H2,1H3. The van der Waals surface area contributed by atoms with Crippen LogP contribution in [0, 0.1) is 6.92 Å². The van der Waals surface area contributed by atoms with Gasteiger partial charge in [0.1, 0.15) is 13.2 Å². The number of aryl methyl sites for hydroxylation is 1. The van der Waals surface area contributed by atoms with Crippen molar-refractivity contribution >= 4 is 27.1 Å². The molecule has 3 aromatic rings. The fourth-order valence-electron chi connectivity index (χ4n) is 2.84. The molecule has 0 saturated heterocycles. The summed E-state index contributed by atoms with van der Waals surface area (Å²) < 4.78 is 38.6. The second kappa shape index (κ2) is 7.44. The number of ether oxygens (including phenoxy) is 2. The summed E-state index contributed by atoms with van der Waals surface area (Å²) in [5.41, 5.74) is 3.19. The number of anilines is 3. The van der Waals surface area contributed by atoms with Crippen molar-refractivity contribution in [3.05, 3.63) is 72.3 Å². The van der Waals surface area contributed by atoms with Gasteiger partial charge in [-0.15, -0.1) is 0 Å². The molecule has 0 saturated carbocycles. The minimum Gasteiger partial charge on any atom is -0.486 e. The van der Waals surface area contributed by atoms with Gasteiger partial charge >= 0.3 is 0 Å². The Balaban J connectivity index is 1.46. The van der Waals surface area contributed by atoms with Gasteiger partial charge in [0.25, 0.3) is 10.0 Å². The maximum absolute atomic E-state index is 12.5. The highest BCUT2D eigenvalue weighted by molar-refractivity contribution is 7.92. The summed E-state index contributed by atoms with van der Waals surface area (Å²) in [6.07, 6.45) is 0. The van der Waals surface area contributed by atoms with E-state index < -0.39 is 10.0 Å². The second-order valence-electron chi connectivity index (χ2n) is 6.48. The first-order valence-electron chi connectivity index (χ1n) is 8.86. The van der Waals surface area contributed by atoms with E-state index in [9.17, 15) is 8.42 Å². The summed E-state index contributed by atoms with van der Waals surface area (Å²) in [6, 6.07) is 19.4. The molecule has 144 valence electrons. The van der Waals surface area contributed by atoms with Crippen molar-refractivity contribution < 1.29 is 17.9 Å². The highest BCUT2D eigenvalue weighted by Crippen LogP contribution is 2.33. The smallest absolute Gasteiger partial charge is 0.261 e. The minimum atomic E-state index is -3.61. The topological polar surface area (TPSA) is 76.7 Å². The molecule has 1 heterocycles. The molecule has 28 heavy (non-hydrogen) atoms. The molecule has 1 aliphatic rings. The molecule has 0 amide bonds. The van der Waals surface area contributed by atoms with E-state index in [-0.39, 0.29) is 4.90 Å². The number of hydrogen-bond acceptors (Lipinski definition) is 5. The lowest BCUT2D eigenvalue weighted by atomic mass is 10.2. The molecule has 6 nitrogen and oxygen atoms in total. The highest BCUT2D eigenvalue weighted by Gasteiger charge is 2.14. The summed E-state index contributed by atoms with van der Waals surface area (Å²) in [5.74, 6) is 1.44. The molecule has 0 bridgehead atoms. The van der Waals surface area contributed by atoms with Crippen LogP contribution in [-0.4, -0.2) is 21.6 Å². The SMILES string of the molecule is Cc1ccc(S(=O)(=O)Nc2ccc(Nc3ccc4c(c3)OCCO4)cc2)cc1. The molecule has 4 rings (SSSR count). The number of sulfonamides is 1. The zero-order chi connectivity index (χ0) is 19.6. The van der Waals surface area contributed by atoms with Crippen LogP contribution in [0.15, 0.2) is 71.6 Å². The summed E-state index contributed by atoms with van der Waals surface area (Å²) in [5, 5.41) is 3.27. The fraction of sp³-hybridized carbons (Fsp3) is 0.143. The lowest BCUT2D eigenvalue weighted by Crippen LogP contribution is -2.15. The largest absolute Gasteiger partial charge is 0.486 e. The third-order valence-corrected chi connectivity index (χ3v) is 5.70. The van der Waals surface area contributed by atoms with E-state index in [4.69, 9.17) is 9.47 Å². The minimum absolute atomic E-state index is 0.233. The molecular weight excluding hydrogens is 376 g/mol. The van der Waals surface area contributed by atoms with Gasteiger partial charge in [0.2, 0.25) is 0 Å². The van der Waals surface area contributed by atoms with Crippen LogP contribution < -0.4 is 19.5 Å². The van der Waals surface area contributed by atoms with E-state index in [1.54, 1.807) is 36.4 Å². The van der Waals surface area contributed by atoms with Gasteiger partial charge in [-0.3, -0.25) is 4.72 Å². The molecule has 0 radical (unpaired) electrons. The Hall–Kier alpha value is -3.19. The first-order chi connectivity index (χ1) is 13.5. The molecule has 0 aromatic heterocycles. The number of nitrogens with one attached hydrogen (secondary N) is 2. The van der Waals surface area contributed by atoms with E-state index >= 15 is 0 Å². The molecule has 0 atom stereocenters. The Morgan fingerprint density at radius 2 is 1.36 bits per heavy atom. The van der Waals surface area contributed by atoms with Crippen LogP contribution in [-0.2, 0) is 10.0 Å².